The lowest BCUT2D eigenvalue weighted by atomic mass is 10.1. The first kappa shape index (κ1) is 12.4. The monoisotopic (exact) mass is 246 g/mol. The molecule has 1 aromatic carbocycles. The molecule has 1 N–H and O–H groups in total. The molecule has 0 spiro atoms. The van der Waals surface area contributed by atoms with Crippen LogP contribution in [-0.4, -0.2) is 12.1 Å². The molecular formula is C14H15FN2O. The van der Waals surface area contributed by atoms with Crippen LogP contribution >= 0.6 is 0 Å². The van der Waals surface area contributed by atoms with E-state index in [2.05, 4.69) is 10.3 Å². The number of ether oxygens (including phenoxy) is 1. The van der Waals surface area contributed by atoms with E-state index in [0.717, 1.165) is 11.4 Å². The van der Waals surface area contributed by atoms with Crippen molar-refractivity contribution in [2.45, 2.75) is 13.0 Å². The molecule has 0 saturated carbocycles. The van der Waals surface area contributed by atoms with Crippen LogP contribution in [0.15, 0.2) is 42.5 Å². The summed E-state index contributed by atoms with van der Waals surface area (Å²) >= 11 is 0. The number of hydrogen-bond acceptors (Lipinski definition) is 3. The predicted molar refractivity (Wildman–Crippen MR) is 69.2 cm³/mol. The minimum absolute atomic E-state index is 0.0465. The van der Waals surface area contributed by atoms with Crippen molar-refractivity contribution in [3.05, 3.63) is 53.8 Å². The highest BCUT2D eigenvalue weighted by atomic mass is 19.1. The first-order valence-electron chi connectivity index (χ1n) is 5.72. The maximum Gasteiger partial charge on any atom is 0.214 e. The van der Waals surface area contributed by atoms with E-state index in [4.69, 9.17) is 4.74 Å². The van der Waals surface area contributed by atoms with Crippen LogP contribution in [0.1, 0.15) is 18.5 Å². The lowest BCUT2D eigenvalue weighted by Crippen LogP contribution is -2.08. The van der Waals surface area contributed by atoms with Gasteiger partial charge in [-0.2, -0.15) is 4.98 Å². The van der Waals surface area contributed by atoms with E-state index in [0.29, 0.717) is 5.88 Å². The zero-order valence-electron chi connectivity index (χ0n) is 10.4. The molecular weight excluding hydrogens is 231 g/mol. The predicted octanol–water partition coefficient (Wildman–Crippen LogP) is 3.40. The van der Waals surface area contributed by atoms with E-state index >= 15 is 0 Å². The standard InChI is InChI=1S/C14H15FN2O/c1-10(11-6-8-12(15)9-7-11)16-13-4-3-5-14(17-13)18-2/h3-10H,1-2H3,(H,16,17). The van der Waals surface area contributed by atoms with Gasteiger partial charge in [-0.3, -0.25) is 0 Å². The van der Waals surface area contributed by atoms with Gasteiger partial charge in [0.2, 0.25) is 5.88 Å². The van der Waals surface area contributed by atoms with Gasteiger partial charge in [0.15, 0.2) is 0 Å². The molecule has 0 saturated heterocycles. The second-order valence-corrected chi connectivity index (χ2v) is 3.98. The molecule has 0 bridgehead atoms. The first-order chi connectivity index (χ1) is 8.69. The molecule has 18 heavy (non-hydrogen) atoms. The Hall–Kier alpha value is -2.10. The summed E-state index contributed by atoms with van der Waals surface area (Å²) in [5.74, 6) is 1.06. The number of rotatable bonds is 4. The fourth-order valence-corrected chi connectivity index (χ4v) is 1.67. The third kappa shape index (κ3) is 2.97. The Morgan fingerprint density at radius 2 is 1.89 bits per heavy atom. The fourth-order valence-electron chi connectivity index (χ4n) is 1.67. The highest BCUT2D eigenvalue weighted by Crippen LogP contribution is 2.19. The number of halogens is 1. The summed E-state index contributed by atoms with van der Waals surface area (Å²) in [5.41, 5.74) is 1.00. The van der Waals surface area contributed by atoms with Crippen LogP contribution in [0.4, 0.5) is 10.2 Å². The third-order valence-electron chi connectivity index (χ3n) is 2.67. The molecule has 94 valence electrons. The first-order valence-corrected chi connectivity index (χ1v) is 5.72. The Morgan fingerprint density at radius 1 is 1.17 bits per heavy atom. The van der Waals surface area contributed by atoms with Crippen molar-refractivity contribution in [3.8, 4) is 5.88 Å². The van der Waals surface area contributed by atoms with Crippen molar-refractivity contribution in [3.63, 3.8) is 0 Å². The van der Waals surface area contributed by atoms with Gasteiger partial charge >= 0.3 is 0 Å². The van der Waals surface area contributed by atoms with Crippen LogP contribution in [0.25, 0.3) is 0 Å². The lowest BCUT2D eigenvalue weighted by molar-refractivity contribution is 0.398. The largest absolute Gasteiger partial charge is 0.481 e. The Morgan fingerprint density at radius 3 is 2.56 bits per heavy atom. The number of hydrogen-bond donors (Lipinski definition) is 1. The molecule has 1 aromatic heterocycles. The Bertz CT molecular complexity index is 513. The third-order valence-corrected chi connectivity index (χ3v) is 2.67. The van der Waals surface area contributed by atoms with Crippen molar-refractivity contribution in [1.82, 2.24) is 4.98 Å². The molecule has 4 heteroatoms. The minimum atomic E-state index is -0.231. The molecule has 3 nitrogen and oxygen atoms in total. The van der Waals surface area contributed by atoms with Gasteiger partial charge in [0.25, 0.3) is 0 Å². The normalized spacial score (nSPS) is 11.9. The molecule has 0 aliphatic rings. The van der Waals surface area contributed by atoms with Crippen LogP contribution in [0.2, 0.25) is 0 Å². The van der Waals surface area contributed by atoms with Crippen LogP contribution in [0.5, 0.6) is 5.88 Å². The summed E-state index contributed by atoms with van der Waals surface area (Å²) in [6.07, 6.45) is 0. The molecule has 0 aliphatic carbocycles. The summed E-state index contributed by atoms with van der Waals surface area (Å²) < 4.78 is 17.9. The molecule has 1 heterocycles. The summed E-state index contributed by atoms with van der Waals surface area (Å²) in [4.78, 5) is 4.27. The average Bonchev–Trinajstić information content (AvgIpc) is 2.39. The zero-order chi connectivity index (χ0) is 13.0. The van der Waals surface area contributed by atoms with E-state index in [9.17, 15) is 4.39 Å². The second-order valence-electron chi connectivity index (χ2n) is 3.98. The summed E-state index contributed by atoms with van der Waals surface area (Å²) in [6.45, 7) is 1.99. The van der Waals surface area contributed by atoms with Crippen LogP contribution in [-0.2, 0) is 0 Å². The second kappa shape index (κ2) is 5.49. The maximum absolute atomic E-state index is 12.8. The molecule has 0 aliphatic heterocycles. The van der Waals surface area contributed by atoms with E-state index in [-0.39, 0.29) is 11.9 Å². The number of benzene rings is 1. The smallest absolute Gasteiger partial charge is 0.214 e. The average molecular weight is 246 g/mol. The topological polar surface area (TPSA) is 34.1 Å². The summed E-state index contributed by atoms with van der Waals surface area (Å²) in [5, 5.41) is 3.24. The lowest BCUT2D eigenvalue weighted by Gasteiger charge is -2.15. The van der Waals surface area contributed by atoms with Crippen molar-refractivity contribution in [2.75, 3.05) is 12.4 Å². The molecule has 2 aromatic rings. The quantitative estimate of drug-likeness (QED) is 0.897. The van der Waals surface area contributed by atoms with Gasteiger partial charge in [-0.25, -0.2) is 4.39 Å². The van der Waals surface area contributed by atoms with Crippen LogP contribution in [0.3, 0.4) is 0 Å². The number of aromatic nitrogens is 1. The molecule has 0 radical (unpaired) electrons. The molecule has 0 amide bonds. The number of methoxy groups -OCH3 is 1. The van der Waals surface area contributed by atoms with Crippen molar-refractivity contribution in [1.29, 1.82) is 0 Å². The van der Waals surface area contributed by atoms with E-state index in [1.165, 1.54) is 12.1 Å². The molecule has 0 fully saturated rings. The highest BCUT2D eigenvalue weighted by Gasteiger charge is 2.06. The zero-order valence-corrected chi connectivity index (χ0v) is 10.4. The minimum Gasteiger partial charge on any atom is -0.481 e. The number of nitrogens with zero attached hydrogens (tertiary/aromatic N) is 1. The Balaban J connectivity index is 2.10. The number of nitrogens with one attached hydrogen (secondary N) is 1. The van der Waals surface area contributed by atoms with Gasteiger partial charge in [0.05, 0.1) is 7.11 Å². The van der Waals surface area contributed by atoms with E-state index in [1.54, 1.807) is 25.3 Å². The molecule has 1 unspecified atom stereocenters. The van der Waals surface area contributed by atoms with Gasteiger partial charge in [-0.15, -0.1) is 0 Å². The maximum atomic E-state index is 12.8. The van der Waals surface area contributed by atoms with Crippen molar-refractivity contribution < 1.29 is 9.13 Å². The van der Waals surface area contributed by atoms with Crippen molar-refractivity contribution in [2.24, 2.45) is 0 Å². The van der Waals surface area contributed by atoms with Gasteiger partial charge < -0.3 is 10.1 Å². The summed E-state index contributed by atoms with van der Waals surface area (Å²) in [7, 11) is 1.58. The Labute approximate surface area is 106 Å². The van der Waals surface area contributed by atoms with E-state index < -0.39 is 0 Å². The SMILES string of the molecule is COc1cccc(NC(C)c2ccc(F)cc2)n1. The van der Waals surface area contributed by atoms with Gasteiger partial charge in [0.1, 0.15) is 11.6 Å². The van der Waals surface area contributed by atoms with Crippen LogP contribution < -0.4 is 10.1 Å². The van der Waals surface area contributed by atoms with Crippen molar-refractivity contribution >= 4 is 5.82 Å². The molecule has 1 atom stereocenters. The van der Waals surface area contributed by atoms with Gasteiger partial charge in [-0.1, -0.05) is 18.2 Å². The van der Waals surface area contributed by atoms with Crippen LogP contribution in [0, 0.1) is 5.82 Å². The fraction of sp³-hybridized carbons (Fsp3) is 0.214. The molecule has 2 rings (SSSR count). The van der Waals surface area contributed by atoms with Gasteiger partial charge in [-0.05, 0) is 30.7 Å². The number of anilines is 1. The highest BCUT2D eigenvalue weighted by molar-refractivity contribution is 5.40. The summed E-state index contributed by atoms with van der Waals surface area (Å²) in [6, 6.07) is 12.0. The Kier molecular flexibility index (Phi) is 3.77. The van der Waals surface area contributed by atoms with Gasteiger partial charge in [0, 0.05) is 12.1 Å². The van der Waals surface area contributed by atoms with E-state index in [1.807, 2.05) is 19.1 Å². The number of pyridine rings is 1.